The van der Waals surface area contributed by atoms with Crippen molar-refractivity contribution >= 4 is 22.5 Å². The van der Waals surface area contributed by atoms with Crippen LogP contribution < -0.4 is 14.8 Å². The summed E-state index contributed by atoms with van der Waals surface area (Å²) in [6, 6.07) is 18.7. The molecule has 6 heteroatoms. The number of fused-ring (bicyclic) bond motifs is 3. The molecule has 31 heavy (non-hydrogen) atoms. The molecule has 0 spiro atoms. The molecule has 4 aromatic rings. The molecule has 2 heterocycles. The van der Waals surface area contributed by atoms with Crippen molar-refractivity contribution in [3.63, 3.8) is 0 Å². The van der Waals surface area contributed by atoms with Crippen molar-refractivity contribution in [2.45, 2.75) is 19.1 Å². The monoisotopic (exact) mass is 436 g/mol. The summed E-state index contributed by atoms with van der Waals surface area (Å²) in [5, 5.41) is 5.24. The number of H-pyrrole nitrogens is 1. The first kappa shape index (κ1) is 19.9. The number of para-hydroxylation sites is 1. The van der Waals surface area contributed by atoms with E-state index >= 15 is 0 Å². The van der Waals surface area contributed by atoms with Gasteiger partial charge in [-0.05, 0) is 47.9 Å². The van der Waals surface area contributed by atoms with Gasteiger partial charge in [-0.2, -0.15) is 0 Å². The number of benzene rings is 3. The molecular weight excluding hydrogens is 415 g/mol. The first-order valence-corrected chi connectivity index (χ1v) is 10.6. The van der Waals surface area contributed by atoms with Gasteiger partial charge in [0.2, 0.25) is 0 Å². The summed E-state index contributed by atoms with van der Waals surface area (Å²) in [6.45, 7) is 1.13. The van der Waals surface area contributed by atoms with Crippen LogP contribution in [-0.4, -0.2) is 18.6 Å². The SMILES string of the molecule is COc1cc(C2NCCc3c2[nH]c2ccccc32)ccc1OCc1ccc(F)cc1Cl. The van der Waals surface area contributed by atoms with Gasteiger partial charge >= 0.3 is 0 Å². The standard InChI is InChI=1S/C25H22ClFN2O2/c1-30-23-12-15(7-9-22(23)31-14-16-6-8-17(27)13-20(16)26)24-25-19(10-11-28-24)18-4-2-3-5-21(18)29-25/h2-9,12-13,24,28-29H,10-11,14H2,1H3. The maximum absolute atomic E-state index is 13.3. The number of ether oxygens (including phenoxy) is 2. The zero-order chi connectivity index (χ0) is 21.4. The third-order valence-electron chi connectivity index (χ3n) is 5.78. The lowest BCUT2D eigenvalue weighted by molar-refractivity contribution is 0.284. The van der Waals surface area contributed by atoms with E-state index in [1.807, 2.05) is 18.2 Å². The van der Waals surface area contributed by atoms with E-state index in [4.69, 9.17) is 21.1 Å². The normalized spacial score (nSPS) is 15.6. The quantitative estimate of drug-likeness (QED) is 0.416. The first-order valence-electron chi connectivity index (χ1n) is 10.2. The molecule has 0 radical (unpaired) electrons. The van der Waals surface area contributed by atoms with Crippen LogP contribution in [0.3, 0.4) is 0 Å². The number of hydrogen-bond donors (Lipinski definition) is 2. The summed E-state index contributed by atoms with van der Waals surface area (Å²) in [6.07, 6.45) is 0.993. The van der Waals surface area contributed by atoms with Crippen LogP contribution in [-0.2, 0) is 13.0 Å². The Labute approximate surface area is 185 Å². The van der Waals surface area contributed by atoms with Gasteiger partial charge in [0, 0.05) is 28.7 Å². The molecule has 5 rings (SSSR count). The second kappa shape index (κ2) is 8.25. The van der Waals surface area contributed by atoms with Gasteiger partial charge in [0.05, 0.1) is 18.2 Å². The van der Waals surface area contributed by atoms with Crippen LogP contribution in [0.2, 0.25) is 5.02 Å². The fraction of sp³-hybridized carbons (Fsp3) is 0.200. The molecule has 2 N–H and O–H groups in total. The lowest BCUT2D eigenvalue weighted by Crippen LogP contribution is -2.30. The van der Waals surface area contributed by atoms with E-state index in [9.17, 15) is 4.39 Å². The Kier molecular flexibility index (Phi) is 5.30. The molecule has 1 aliphatic heterocycles. The predicted molar refractivity (Wildman–Crippen MR) is 121 cm³/mol. The Bertz CT molecular complexity index is 1250. The smallest absolute Gasteiger partial charge is 0.161 e. The van der Waals surface area contributed by atoms with Crippen LogP contribution in [0, 0.1) is 5.82 Å². The van der Waals surface area contributed by atoms with Crippen molar-refractivity contribution in [3.8, 4) is 11.5 Å². The van der Waals surface area contributed by atoms with Crippen LogP contribution in [0.5, 0.6) is 11.5 Å². The van der Waals surface area contributed by atoms with Crippen LogP contribution >= 0.6 is 11.6 Å². The summed E-state index contributed by atoms with van der Waals surface area (Å²) in [5.41, 5.74) is 5.53. The van der Waals surface area contributed by atoms with Crippen molar-refractivity contribution in [1.82, 2.24) is 10.3 Å². The number of aromatic amines is 1. The molecule has 0 saturated carbocycles. The third-order valence-corrected chi connectivity index (χ3v) is 6.13. The van der Waals surface area contributed by atoms with E-state index < -0.39 is 0 Å². The summed E-state index contributed by atoms with van der Waals surface area (Å²) < 4.78 is 24.8. The Hall–Kier alpha value is -3.02. The fourth-order valence-corrected chi connectivity index (χ4v) is 4.46. The minimum atomic E-state index is -0.369. The summed E-state index contributed by atoms with van der Waals surface area (Å²) in [5.74, 6) is 0.882. The zero-order valence-electron chi connectivity index (χ0n) is 17.0. The van der Waals surface area contributed by atoms with Gasteiger partial charge in [0.1, 0.15) is 12.4 Å². The Morgan fingerprint density at radius 2 is 1.94 bits per heavy atom. The maximum Gasteiger partial charge on any atom is 0.161 e. The highest BCUT2D eigenvalue weighted by Gasteiger charge is 2.26. The first-order chi connectivity index (χ1) is 15.1. The molecule has 1 unspecified atom stereocenters. The maximum atomic E-state index is 13.3. The lowest BCUT2D eigenvalue weighted by Gasteiger charge is -2.25. The number of rotatable bonds is 5. The minimum Gasteiger partial charge on any atom is -0.493 e. The van der Waals surface area contributed by atoms with Gasteiger partial charge in [-0.1, -0.05) is 41.9 Å². The summed E-state index contributed by atoms with van der Waals surface area (Å²) in [4.78, 5) is 3.59. The number of aromatic nitrogens is 1. The average Bonchev–Trinajstić information content (AvgIpc) is 3.17. The largest absolute Gasteiger partial charge is 0.493 e. The molecule has 1 atom stereocenters. The average molecular weight is 437 g/mol. The van der Waals surface area contributed by atoms with Crippen molar-refractivity contribution in [1.29, 1.82) is 0 Å². The van der Waals surface area contributed by atoms with Crippen molar-refractivity contribution in [2.75, 3.05) is 13.7 Å². The fourth-order valence-electron chi connectivity index (χ4n) is 4.24. The summed E-state index contributed by atoms with van der Waals surface area (Å²) >= 11 is 6.11. The second-order valence-electron chi connectivity index (χ2n) is 7.63. The Balaban J connectivity index is 1.43. The lowest BCUT2D eigenvalue weighted by atomic mass is 9.94. The molecule has 0 bridgehead atoms. The van der Waals surface area contributed by atoms with Gasteiger partial charge in [-0.15, -0.1) is 0 Å². The molecule has 0 saturated heterocycles. The van der Waals surface area contributed by atoms with E-state index in [0.717, 1.165) is 24.0 Å². The molecular formula is C25H22ClFN2O2. The minimum absolute atomic E-state index is 0.0469. The zero-order valence-corrected chi connectivity index (χ0v) is 17.8. The van der Waals surface area contributed by atoms with E-state index in [1.165, 1.54) is 28.8 Å². The highest BCUT2D eigenvalue weighted by Crippen LogP contribution is 2.37. The molecule has 3 aromatic carbocycles. The molecule has 1 aliphatic rings. The number of hydrogen-bond acceptors (Lipinski definition) is 3. The van der Waals surface area contributed by atoms with Crippen LogP contribution in [0.1, 0.15) is 28.4 Å². The van der Waals surface area contributed by atoms with Crippen molar-refractivity contribution in [3.05, 3.63) is 93.9 Å². The second-order valence-corrected chi connectivity index (χ2v) is 8.04. The predicted octanol–water partition coefficient (Wildman–Crippen LogP) is 5.78. The van der Waals surface area contributed by atoms with Gasteiger partial charge in [0.25, 0.3) is 0 Å². The van der Waals surface area contributed by atoms with Crippen molar-refractivity contribution < 1.29 is 13.9 Å². The molecule has 158 valence electrons. The highest BCUT2D eigenvalue weighted by atomic mass is 35.5. The van der Waals surface area contributed by atoms with Crippen molar-refractivity contribution in [2.24, 2.45) is 0 Å². The number of halogens is 2. The van der Waals surface area contributed by atoms with Gasteiger partial charge in [-0.3, -0.25) is 0 Å². The molecule has 4 nitrogen and oxygen atoms in total. The Morgan fingerprint density at radius 1 is 1.06 bits per heavy atom. The van der Waals surface area contributed by atoms with Gasteiger partial charge in [0.15, 0.2) is 11.5 Å². The van der Waals surface area contributed by atoms with E-state index in [-0.39, 0.29) is 18.5 Å². The molecule has 0 fully saturated rings. The molecule has 0 amide bonds. The van der Waals surface area contributed by atoms with E-state index in [0.29, 0.717) is 22.1 Å². The number of nitrogens with one attached hydrogen (secondary N) is 2. The van der Waals surface area contributed by atoms with Crippen LogP contribution in [0.25, 0.3) is 10.9 Å². The van der Waals surface area contributed by atoms with Gasteiger partial charge in [-0.25, -0.2) is 4.39 Å². The molecule has 0 aliphatic carbocycles. The van der Waals surface area contributed by atoms with E-state index in [2.05, 4.69) is 34.6 Å². The van der Waals surface area contributed by atoms with Crippen LogP contribution in [0.15, 0.2) is 60.7 Å². The third kappa shape index (κ3) is 3.75. The van der Waals surface area contributed by atoms with Crippen LogP contribution in [0.4, 0.5) is 4.39 Å². The summed E-state index contributed by atoms with van der Waals surface area (Å²) in [7, 11) is 1.62. The number of methoxy groups -OCH3 is 1. The molecule has 1 aromatic heterocycles. The topological polar surface area (TPSA) is 46.3 Å². The van der Waals surface area contributed by atoms with E-state index in [1.54, 1.807) is 13.2 Å². The van der Waals surface area contributed by atoms with Gasteiger partial charge < -0.3 is 19.8 Å². The Morgan fingerprint density at radius 3 is 2.77 bits per heavy atom. The highest BCUT2D eigenvalue weighted by molar-refractivity contribution is 6.31.